The number of sulfonamides is 1. The zero-order valence-electron chi connectivity index (χ0n) is 11.8. The van der Waals surface area contributed by atoms with Crippen molar-refractivity contribution >= 4 is 15.7 Å². The van der Waals surface area contributed by atoms with E-state index in [-0.39, 0.29) is 18.4 Å². The number of benzene rings is 1. The van der Waals surface area contributed by atoms with Crippen molar-refractivity contribution in [2.45, 2.75) is 32.2 Å². The van der Waals surface area contributed by atoms with Gasteiger partial charge < -0.3 is 10.5 Å². The van der Waals surface area contributed by atoms with E-state index in [9.17, 15) is 8.42 Å². The fourth-order valence-electron chi connectivity index (χ4n) is 2.55. The number of nitrogen functional groups attached to an aromatic ring is 1. The van der Waals surface area contributed by atoms with Crippen molar-refractivity contribution in [3.63, 3.8) is 0 Å². The number of hydrogen-bond acceptors (Lipinski definition) is 4. The van der Waals surface area contributed by atoms with Crippen molar-refractivity contribution in [1.82, 2.24) is 4.72 Å². The normalized spacial score (nSPS) is 18.8. The Balaban J connectivity index is 2.08. The number of nitrogens with one attached hydrogen (secondary N) is 1. The van der Waals surface area contributed by atoms with Crippen molar-refractivity contribution < 1.29 is 13.2 Å². The Labute approximate surface area is 120 Å². The summed E-state index contributed by atoms with van der Waals surface area (Å²) in [5.74, 6) is 0.00163. The second-order valence-corrected chi connectivity index (χ2v) is 6.91. The third kappa shape index (κ3) is 3.94. The van der Waals surface area contributed by atoms with Crippen molar-refractivity contribution in [2.24, 2.45) is 0 Å². The summed E-state index contributed by atoms with van der Waals surface area (Å²) in [7, 11) is -3.31. The van der Waals surface area contributed by atoms with Gasteiger partial charge in [0.1, 0.15) is 0 Å². The second-order valence-electron chi connectivity index (χ2n) is 5.04. The van der Waals surface area contributed by atoms with Crippen LogP contribution in [0.4, 0.5) is 5.69 Å². The van der Waals surface area contributed by atoms with Crippen molar-refractivity contribution in [2.75, 3.05) is 24.7 Å². The van der Waals surface area contributed by atoms with Crippen molar-refractivity contribution in [3.8, 4) is 0 Å². The minimum Gasteiger partial charge on any atom is -0.399 e. The van der Waals surface area contributed by atoms with Crippen LogP contribution < -0.4 is 10.5 Å². The molecule has 0 saturated heterocycles. The van der Waals surface area contributed by atoms with Gasteiger partial charge in [-0.05, 0) is 49.4 Å². The van der Waals surface area contributed by atoms with Gasteiger partial charge in [0.25, 0.3) is 0 Å². The molecule has 1 aromatic carbocycles. The molecule has 1 aliphatic carbocycles. The highest BCUT2D eigenvalue weighted by atomic mass is 32.2. The summed E-state index contributed by atoms with van der Waals surface area (Å²) in [6.45, 7) is 2.61. The number of aryl methyl sites for hydroxylation is 1. The van der Waals surface area contributed by atoms with E-state index >= 15 is 0 Å². The molecular weight excluding hydrogens is 276 g/mol. The van der Waals surface area contributed by atoms with Gasteiger partial charge in [0, 0.05) is 18.3 Å². The van der Waals surface area contributed by atoms with Crippen molar-refractivity contribution in [1.29, 1.82) is 0 Å². The Bertz CT molecular complexity index is 558. The summed E-state index contributed by atoms with van der Waals surface area (Å²) in [6.07, 6.45) is 2.75. The van der Waals surface area contributed by atoms with Crippen LogP contribution >= 0.6 is 0 Å². The number of fused-ring (bicyclic) bond motifs is 1. The minimum absolute atomic E-state index is 0.00163. The van der Waals surface area contributed by atoms with Gasteiger partial charge in [0.2, 0.25) is 10.0 Å². The standard InChI is InChI=1S/C14H22N2O3S/c1-2-19-8-9-20(17,18)16-14-5-3-4-11-10-12(15)6-7-13(11)14/h6-7,10,14,16H,2-5,8-9,15H2,1H3. The van der Waals surface area contributed by atoms with Gasteiger partial charge in [-0.25, -0.2) is 13.1 Å². The summed E-state index contributed by atoms with van der Waals surface area (Å²) < 4.78 is 32.0. The summed E-state index contributed by atoms with van der Waals surface area (Å²) in [4.78, 5) is 0. The first-order valence-corrected chi connectivity index (χ1v) is 8.63. The molecule has 0 amide bonds. The fourth-order valence-corrected chi connectivity index (χ4v) is 3.68. The molecule has 3 N–H and O–H groups in total. The summed E-state index contributed by atoms with van der Waals surface area (Å²) >= 11 is 0. The zero-order valence-corrected chi connectivity index (χ0v) is 12.6. The van der Waals surface area contributed by atoms with Crippen LogP contribution in [0.2, 0.25) is 0 Å². The zero-order chi connectivity index (χ0) is 14.6. The lowest BCUT2D eigenvalue weighted by Gasteiger charge is -2.26. The van der Waals surface area contributed by atoms with Crippen LogP contribution in [-0.2, 0) is 21.2 Å². The van der Waals surface area contributed by atoms with E-state index in [0.29, 0.717) is 6.61 Å². The summed E-state index contributed by atoms with van der Waals surface area (Å²) in [6, 6.07) is 5.55. The number of anilines is 1. The number of rotatable bonds is 6. The molecule has 0 fully saturated rings. The van der Waals surface area contributed by atoms with E-state index in [1.807, 2.05) is 25.1 Å². The maximum atomic E-state index is 12.0. The molecule has 6 heteroatoms. The van der Waals surface area contributed by atoms with E-state index in [2.05, 4.69) is 4.72 Å². The molecule has 0 heterocycles. The molecule has 0 radical (unpaired) electrons. The number of hydrogen-bond donors (Lipinski definition) is 2. The van der Waals surface area contributed by atoms with Crippen LogP contribution in [0.15, 0.2) is 18.2 Å². The van der Waals surface area contributed by atoms with E-state index in [4.69, 9.17) is 10.5 Å². The molecule has 1 unspecified atom stereocenters. The molecule has 0 saturated carbocycles. The van der Waals surface area contributed by atoms with Gasteiger partial charge in [-0.3, -0.25) is 0 Å². The lowest BCUT2D eigenvalue weighted by molar-refractivity contribution is 0.163. The molecule has 0 aliphatic heterocycles. The molecular formula is C14H22N2O3S. The molecule has 0 spiro atoms. The van der Waals surface area contributed by atoms with E-state index in [1.54, 1.807) is 0 Å². The fraction of sp³-hybridized carbons (Fsp3) is 0.571. The Morgan fingerprint density at radius 2 is 2.25 bits per heavy atom. The molecule has 2 rings (SSSR count). The Kier molecular flexibility index (Phi) is 5.01. The van der Waals surface area contributed by atoms with Gasteiger partial charge >= 0.3 is 0 Å². The number of ether oxygens (including phenoxy) is 1. The third-order valence-corrected chi connectivity index (χ3v) is 4.85. The van der Waals surface area contributed by atoms with Gasteiger partial charge in [0.05, 0.1) is 12.4 Å². The van der Waals surface area contributed by atoms with E-state index in [0.717, 1.165) is 36.1 Å². The molecule has 1 atom stereocenters. The lowest BCUT2D eigenvalue weighted by atomic mass is 9.88. The average molecular weight is 298 g/mol. The molecule has 0 bridgehead atoms. The van der Waals surface area contributed by atoms with Crippen LogP contribution in [0.1, 0.15) is 36.9 Å². The van der Waals surface area contributed by atoms with Crippen LogP contribution in [-0.4, -0.2) is 27.4 Å². The van der Waals surface area contributed by atoms with E-state index in [1.165, 1.54) is 0 Å². The highest BCUT2D eigenvalue weighted by Gasteiger charge is 2.24. The van der Waals surface area contributed by atoms with Crippen LogP contribution in [0, 0.1) is 0 Å². The molecule has 5 nitrogen and oxygen atoms in total. The smallest absolute Gasteiger partial charge is 0.214 e. The van der Waals surface area contributed by atoms with Gasteiger partial charge in [0.15, 0.2) is 0 Å². The predicted molar refractivity (Wildman–Crippen MR) is 79.9 cm³/mol. The minimum atomic E-state index is -3.31. The Morgan fingerprint density at radius 1 is 1.45 bits per heavy atom. The topological polar surface area (TPSA) is 81.4 Å². The maximum absolute atomic E-state index is 12.0. The van der Waals surface area contributed by atoms with Crippen LogP contribution in [0.25, 0.3) is 0 Å². The monoisotopic (exact) mass is 298 g/mol. The first-order chi connectivity index (χ1) is 9.52. The Hall–Kier alpha value is -1.11. The quantitative estimate of drug-likeness (QED) is 0.617. The highest BCUT2D eigenvalue weighted by Crippen LogP contribution is 2.31. The predicted octanol–water partition coefficient (Wildman–Crippen LogP) is 1.60. The molecule has 1 aromatic rings. The number of nitrogens with two attached hydrogens (primary N) is 1. The molecule has 1 aliphatic rings. The van der Waals surface area contributed by atoms with E-state index < -0.39 is 10.0 Å². The lowest BCUT2D eigenvalue weighted by Crippen LogP contribution is -2.34. The molecule has 112 valence electrons. The van der Waals surface area contributed by atoms with Gasteiger partial charge in [-0.2, -0.15) is 0 Å². The average Bonchev–Trinajstić information content (AvgIpc) is 2.38. The van der Waals surface area contributed by atoms with Crippen molar-refractivity contribution in [3.05, 3.63) is 29.3 Å². The van der Waals surface area contributed by atoms with Crippen LogP contribution in [0.3, 0.4) is 0 Å². The third-order valence-electron chi connectivity index (χ3n) is 3.50. The highest BCUT2D eigenvalue weighted by molar-refractivity contribution is 7.89. The molecule has 20 heavy (non-hydrogen) atoms. The van der Waals surface area contributed by atoms with Crippen LogP contribution in [0.5, 0.6) is 0 Å². The first kappa shape index (κ1) is 15.3. The summed E-state index contributed by atoms with van der Waals surface area (Å²) in [5.41, 5.74) is 8.70. The maximum Gasteiger partial charge on any atom is 0.214 e. The second kappa shape index (κ2) is 6.56. The summed E-state index contributed by atoms with van der Waals surface area (Å²) in [5, 5.41) is 0. The Morgan fingerprint density at radius 3 is 3.00 bits per heavy atom. The van der Waals surface area contributed by atoms with Gasteiger partial charge in [-0.15, -0.1) is 0 Å². The molecule has 0 aromatic heterocycles. The van der Waals surface area contributed by atoms with Gasteiger partial charge in [-0.1, -0.05) is 6.07 Å². The SMILES string of the molecule is CCOCCS(=O)(=O)NC1CCCc2cc(N)ccc21. The first-order valence-electron chi connectivity index (χ1n) is 6.98. The largest absolute Gasteiger partial charge is 0.399 e.